The molecule has 0 aliphatic heterocycles. The predicted octanol–water partition coefficient (Wildman–Crippen LogP) is 9.06. The highest BCUT2D eigenvalue weighted by atomic mass is 32.2. The van der Waals surface area contributed by atoms with Gasteiger partial charge < -0.3 is 9.84 Å². The van der Waals surface area contributed by atoms with Gasteiger partial charge in [-0.05, 0) is 89.1 Å². The van der Waals surface area contributed by atoms with Gasteiger partial charge in [-0.2, -0.15) is 0 Å². The Kier molecular flexibility index (Phi) is 8.63. The molecule has 4 rings (SSSR count). The molecular formula is C32H37FO3S. The number of hydrogen-bond acceptors (Lipinski definition) is 3. The zero-order chi connectivity index (χ0) is 26.6. The molecule has 0 unspecified atom stereocenters. The maximum atomic E-state index is 15.0. The molecule has 0 heterocycles. The van der Waals surface area contributed by atoms with Crippen LogP contribution in [0.2, 0.25) is 0 Å². The van der Waals surface area contributed by atoms with E-state index in [0.717, 1.165) is 34.6 Å². The van der Waals surface area contributed by atoms with Crippen LogP contribution in [-0.2, 0) is 10.5 Å². The van der Waals surface area contributed by atoms with Crippen LogP contribution in [0.3, 0.4) is 0 Å². The van der Waals surface area contributed by atoms with Crippen molar-refractivity contribution in [3.63, 3.8) is 0 Å². The minimum atomic E-state index is -0.764. The van der Waals surface area contributed by atoms with E-state index in [4.69, 9.17) is 4.74 Å². The van der Waals surface area contributed by atoms with E-state index < -0.39 is 5.97 Å². The van der Waals surface area contributed by atoms with Gasteiger partial charge in [0.1, 0.15) is 11.6 Å². The van der Waals surface area contributed by atoms with Crippen LogP contribution in [0.1, 0.15) is 81.4 Å². The predicted molar refractivity (Wildman–Crippen MR) is 150 cm³/mol. The number of halogens is 1. The van der Waals surface area contributed by atoms with Crippen molar-refractivity contribution in [2.24, 2.45) is 5.41 Å². The van der Waals surface area contributed by atoms with Crippen molar-refractivity contribution in [1.29, 1.82) is 0 Å². The lowest BCUT2D eigenvalue weighted by atomic mass is 9.75. The van der Waals surface area contributed by atoms with E-state index in [9.17, 15) is 9.90 Å². The monoisotopic (exact) mass is 520 g/mol. The van der Waals surface area contributed by atoms with E-state index in [0.29, 0.717) is 17.2 Å². The van der Waals surface area contributed by atoms with Crippen LogP contribution in [0.5, 0.6) is 5.75 Å². The summed E-state index contributed by atoms with van der Waals surface area (Å²) in [6, 6.07) is 19.7. The quantitative estimate of drug-likeness (QED) is 0.271. The zero-order valence-corrected chi connectivity index (χ0v) is 23.0. The fraction of sp³-hybridized carbons (Fsp3) is 0.406. The summed E-state index contributed by atoms with van der Waals surface area (Å²) in [5.41, 5.74) is 5.20. The number of ether oxygens (including phenoxy) is 1. The fourth-order valence-corrected chi connectivity index (χ4v) is 6.62. The Bertz CT molecular complexity index is 1250. The lowest BCUT2D eigenvalue weighted by Crippen LogP contribution is -2.16. The Morgan fingerprint density at radius 3 is 2.62 bits per heavy atom. The highest BCUT2D eigenvalue weighted by Crippen LogP contribution is 2.51. The van der Waals surface area contributed by atoms with Crippen molar-refractivity contribution < 1.29 is 19.0 Å². The van der Waals surface area contributed by atoms with Crippen LogP contribution in [0.25, 0.3) is 11.1 Å². The summed E-state index contributed by atoms with van der Waals surface area (Å²) in [6.07, 6.45) is 4.39. The van der Waals surface area contributed by atoms with Crippen molar-refractivity contribution >= 4 is 17.7 Å². The van der Waals surface area contributed by atoms with Crippen LogP contribution in [0.4, 0.5) is 4.39 Å². The molecule has 0 aromatic heterocycles. The normalized spacial score (nSPS) is 17.5. The van der Waals surface area contributed by atoms with Gasteiger partial charge in [0.15, 0.2) is 0 Å². The molecular weight excluding hydrogens is 483 g/mol. The van der Waals surface area contributed by atoms with Crippen molar-refractivity contribution in [2.75, 3.05) is 7.11 Å². The lowest BCUT2D eigenvalue weighted by molar-refractivity contribution is -0.137. The molecule has 5 heteroatoms. The summed E-state index contributed by atoms with van der Waals surface area (Å²) in [6.45, 7) is 6.68. The van der Waals surface area contributed by atoms with Crippen LogP contribution in [0.15, 0.2) is 65.6 Å². The maximum absolute atomic E-state index is 15.0. The first-order valence-electron chi connectivity index (χ1n) is 13.1. The molecule has 3 nitrogen and oxygen atoms in total. The van der Waals surface area contributed by atoms with Gasteiger partial charge in [-0.3, -0.25) is 4.79 Å². The van der Waals surface area contributed by atoms with Gasteiger partial charge in [0.05, 0.1) is 13.5 Å². The van der Waals surface area contributed by atoms with E-state index in [1.54, 1.807) is 31.0 Å². The largest absolute Gasteiger partial charge is 0.497 e. The van der Waals surface area contributed by atoms with Gasteiger partial charge in [0.2, 0.25) is 0 Å². The van der Waals surface area contributed by atoms with Gasteiger partial charge in [-0.1, -0.05) is 57.5 Å². The van der Waals surface area contributed by atoms with Gasteiger partial charge in [0.25, 0.3) is 0 Å². The molecule has 1 N–H and O–H groups in total. The summed E-state index contributed by atoms with van der Waals surface area (Å²) in [4.78, 5) is 12.4. The highest BCUT2D eigenvalue weighted by molar-refractivity contribution is 7.98. The molecule has 3 aromatic rings. The van der Waals surface area contributed by atoms with Crippen molar-refractivity contribution in [1.82, 2.24) is 0 Å². The molecule has 0 amide bonds. The third kappa shape index (κ3) is 6.38. The molecule has 1 aliphatic carbocycles. The Morgan fingerprint density at radius 1 is 1.14 bits per heavy atom. The van der Waals surface area contributed by atoms with E-state index >= 15 is 4.39 Å². The van der Waals surface area contributed by atoms with E-state index in [1.807, 2.05) is 19.1 Å². The molecule has 0 saturated heterocycles. The number of thioether (sulfide) groups is 1. The maximum Gasteiger partial charge on any atom is 0.303 e. The second kappa shape index (κ2) is 11.7. The summed E-state index contributed by atoms with van der Waals surface area (Å²) < 4.78 is 20.4. The van der Waals surface area contributed by atoms with Crippen LogP contribution < -0.4 is 4.74 Å². The van der Waals surface area contributed by atoms with Crippen molar-refractivity contribution in [2.45, 2.75) is 75.4 Å². The average Bonchev–Trinajstić information content (AvgIpc) is 3.25. The number of carboxylic acids is 1. The molecule has 196 valence electrons. The van der Waals surface area contributed by atoms with Crippen molar-refractivity contribution in [3.05, 3.63) is 83.2 Å². The highest BCUT2D eigenvalue weighted by Gasteiger charge is 2.37. The molecule has 0 radical (unpaired) electrons. The number of methoxy groups -OCH3 is 1. The number of aliphatic carboxylic acids is 1. The summed E-state index contributed by atoms with van der Waals surface area (Å²) >= 11 is 1.75. The smallest absolute Gasteiger partial charge is 0.303 e. The van der Waals surface area contributed by atoms with Crippen molar-refractivity contribution in [3.8, 4) is 16.9 Å². The number of carbonyl (C=O) groups is 1. The first-order valence-corrected chi connectivity index (χ1v) is 14.1. The topological polar surface area (TPSA) is 46.5 Å². The summed E-state index contributed by atoms with van der Waals surface area (Å²) in [5, 5.41) is 9.27. The van der Waals surface area contributed by atoms with Gasteiger partial charge in [0, 0.05) is 16.2 Å². The standard InChI is InChI=1S/C32H37FO3S/c1-5-22(18-31(34)35)23-8-6-9-25(17-23)37-20-21-11-13-26(28-19-24(36-4)12-14-30(28)33)27(16-21)29-10-7-15-32(29,2)3/h6,8-9,11-14,16-17,19,22,29H,5,7,10,15,18,20H2,1-4H3,(H,34,35)/t22-,29-/m1/s1. The van der Waals surface area contributed by atoms with Gasteiger partial charge >= 0.3 is 5.97 Å². The van der Waals surface area contributed by atoms with E-state index in [2.05, 4.69) is 44.2 Å². The molecule has 37 heavy (non-hydrogen) atoms. The van der Waals surface area contributed by atoms with E-state index in [1.165, 1.54) is 30.0 Å². The third-order valence-corrected chi connectivity index (χ3v) is 8.93. The molecule has 3 aromatic carbocycles. The summed E-state index contributed by atoms with van der Waals surface area (Å²) in [5.74, 6) is 0.832. The minimum Gasteiger partial charge on any atom is -0.497 e. The lowest BCUT2D eigenvalue weighted by Gasteiger charge is -2.30. The third-order valence-electron chi connectivity index (χ3n) is 7.86. The first kappa shape index (κ1) is 27.3. The molecule has 1 aliphatic rings. The number of hydrogen-bond donors (Lipinski definition) is 1. The zero-order valence-electron chi connectivity index (χ0n) is 22.2. The number of benzene rings is 3. The second-order valence-corrected chi connectivity index (χ2v) is 11.8. The Morgan fingerprint density at radius 2 is 1.95 bits per heavy atom. The molecule has 0 spiro atoms. The Labute approximate surface area is 224 Å². The van der Waals surface area contributed by atoms with Crippen LogP contribution in [0, 0.1) is 11.2 Å². The minimum absolute atomic E-state index is 0.0197. The van der Waals surface area contributed by atoms with E-state index in [-0.39, 0.29) is 23.6 Å². The SMILES string of the molecule is CC[C@H](CC(=O)O)c1cccc(SCc2ccc(-c3cc(OC)ccc3F)c([C@H]3CCCC3(C)C)c2)c1. The molecule has 1 saturated carbocycles. The molecule has 2 atom stereocenters. The van der Waals surface area contributed by atoms with Gasteiger partial charge in [-0.15, -0.1) is 11.8 Å². The number of rotatable bonds is 10. The van der Waals surface area contributed by atoms with Crippen LogP contribution >= 0.6 is 11.8 Å². The Balaban J connectivity index is 1.64. The first-order chi connectivity index (χ1) is 17.7. The average molecular weight is 521 g/mol. The van der Waals surface area contributed by atoms with Gasteiger partial charge in [-0.25, -0.2) is 4.39 Å². The second-order valence-electron chi connectivity index (χ2n) is 10.8. The molecule has 0 bridgehead atoms. The number of carboxylic acid groups (broad SMARTS) is 1. The Hall–Kier alpha value is -2.79. The molecule has 1 fully saturated rings. The summed E-state index contributed by atoms with van der Waals surface area (Å²) in [7, 11) is 1.61. The fourth-order valence-electron chi connectivity index (χ4n) is 5.71. The van der Waals surface area contributed by atoms with Crippen LogP contribution in [-0.4, -0.2) is 18.2 Å².